The number of carbonyl (C=O) groups excluding carboxylic acids is 1. The summed E-state index contributed by atoms with van der Waals surface area (Å²) in [6, 6.07) is 3.70. The van der Waals surface area contributed by atoms with E-state index in [4.69, 9.17) is 22.3 Å². The van der Waals surface area contributed by atoms with Gasteiger partial charge in [0.2, 0.25) is 0 Å². The topological polar surface area (TPSA) is 118 Å². The van der Waals surface area contributed by atoms with Crippen LogP contribution in [0.4, 0.5) is 0 Å². The van der Waals surface area contributed by atoms with E-state index in [1.807, 2.05) is 12.1 Å². The van der Waals surface area contributed by atoms with Gasteiger partial charge in [-0.1, -0.05) is 0 Å². The summed E-state index contributed by atoms with van der Waals surface area (Å²) in [6.45, 7) is 2.14. The highest BCUT2D eigenvalue weighted by atomic mass is 79.9. The Bertz CT molecular complexity index is 704. The molecule has 0 fully saturated rings. The van der Waals surface area contributed by atoms with Crippen LogP contribution in [-0.4, -0.2) is 39.5 Å². The Labute approximate surface area is 123 Å². The van der Waals surface area contributed by atoms with Crippen molar-refractivity contribution in [2.75, 3.05) is 6.61 Å². The lowest BCUT2D eigenvalue weighted by Crippen LogP contribution is -2.07. The summed E-state index contributed by atoms with van der Waals surface area (Å²) < 4.78 is 39.1. The normalized spacial score (nSPS) is 10.8. The molecule has 2 heterocycles. The largest absolute Gasteiger partial charge is 0.461 e. The Morgan fingerprint density at radius 3 is 2.60 bits per heavy atom. The molecule has 0 aliphatic heterocycles. The van der Waals surface area contributed by atoms with Gasteiger partial charge in [-0.25, -0.2) is 9.78 Å². The lowest BCUT2D eigenvalue weighted by molar-refractivity contribution is 0.0518. The number of imidazole rings is 1. The van der Waals surface area contributed by atoms with Gasteiger partial charge in [-0.3, -0.25) is 13.5 Å². The van der Waals surface area contributed by atoms with Crippen molar-refractivity contribution in [1.82, 2.24) is 9.38 Å². The van der Waals surface area contributed by atoms with Crippen molar-refractivity contribution in [1.29, 1.82) is 0 Å². The van der Waals surface area contributed by atoms with Crippen molar-refractivity contribution < 1.29 is 27.1 Å². The molecule has 2 rings (SSSR count). The van der Waals surface area contributed by atoms with Crippen LogP contribution in [0.1, 0.15) is 17.4 Å². The first-order valence-electron chi connectivity index (χ1n) is 5.22. The highest BCUT2D eigenvalue weighted by Crippen LogP contribution is 2.14. The van der Waals surface area contributed by atoms with E-state index < -0.39 is 10.4 Å². The summed E-state index contributed by atoms with van der Waals surface area (Å²) in [7, 11) is -4.67. The molecule has 0 saturated heterocycles. The summed E-state index contributed by atoms with van der Waals surface area (Å²) in [4.78, 5) is 15.6. The molecule has 2 aromatic heterocycles. The number of esters is 1. The van der Waals surface area contributed by atoms with Gasteiger partial charge in [-0.15, -0.1) is 0 Å². The Hall–Kier alpha value is -1.49. The smallest absolute Gasteiger partial charge is 0.394 e. The zero-order chi connectivity index (χ0) is 15.3. The van der Waals surface area contributed by atoms with E-state index in [2.05, 4.69) is 20.9 Å². The highest BCUT2D eigenvalue weighted by Gasteiger charge is 2.12. The van der Waals surface area contributed by atoms with Crippen LogP contribution in [0.5, 0.6) is 0 Å². The molecule has 0 aliphatic rings. The van der Waals surface area contributed by atoms with E-state index in [9.17, 15) is 4.79 Å². The molecule has 0 amide bonds. The maximum absolute atomic E-state index is 11.5. The average Bonchev–Trinajstić information content (AvgIpc) is 2.69. The van der Waals surface area contributed by atoms with Crippen molar-refractivity contribution in [2.24, 2.45) is 0 Å². The minimum atomic E-state index is -4.67. The van der Waals surface area contributed by atoms with Gasteiger partial charge in [-0.05, 0) is 35.0 Å². The Morgan fingerprint density at radius 1 is 1.45 bits per heavy atom. The third kappa shape index (κ3) is 5.25. The lowest BCUT2D eigenvalue weighted by Gasteiger charge is -2.01. The fourth-order valence-electron chi connectivity index (χ4n) is 1.31. The van der Waals surface area contributed by atoms with Gasteiger partial charge in [0.1, 0.15) is 5.65 Å². The van der Waals surface area contributed by atoms with Crippen LogP contribution in [0, 0.1) is 0 Å². The van der Waals surface area contributed by atoms with Crippen LogP contribution in [0.15, 0.2) is 29.0 Å². The summed E-state index contributed by atoms with van der Waals surface area (Å²) in [5.74, 6) is -0.358. The molecule has 0 radical (unpaired) electrons. The molecule has 0 aromatic carbocycles. The molecule has 2 N–H and O–H groups in total. The molecule has 2 aromatic rings. The van der Waals surface area contributed by atoms with E-state index in [-0.39, 0.29) is 5.97 Å². The minimum Gasteiger partial charge on any atom is -0.461 e. The SMILES string of the molecule is CCOC(=O)c1cnc2ccc(Br)cn12.O=S(=O)(O)O. The third-order valence-electron chi connectivity index (χ3n) is 1.95. The zero-order valence-corrected chi connectivity index (χ0v) is 12.6. The standard InChI is InChI=1S/C10H9BrN2O2.H2O4S/c1-2-15-10(14)8-5-12-9-4-3-7(11)6-13(8)9;1-5(2,3)4/h3-6H,2H2,1H3;(H2,1,2,3,4). The molecule has 10 heteroatoms. The lowest BCUT2D eigenvalue weighted by atomic mass is 10.4. The number of nitrogens with zero attached hydrogens (tertiary/aromatic N) is 2. The number of halogens is 1. The Kier molecular flexibility index (Phi) is 5.62. The quantitative estimate of drug-likeness (QED) is 0.612. The van der Waals surface area contributed by atoms with Gasteiger partial charge >= 0.3 is 16.4 Å². The number of rotatable bonds is 2. The fourth-order valence-corrected chi connectivity index (χ4v) is 1.65. The molecule has 0 saturated carbocycles. The molecular weight excluding hydrogens is 356 g/mol. The van der Waals surface area contributed by atoms with Crippen molar-refractivity contribution in [3.8, 4) is 0 Å². The number of aromatic nitrogens is 2. The average molecular weight is 367 g/mol. The monoisotopic (exact) mass is 366 g/mol. The summed E-state index contributed by atoms with van der Waals surface area (Å²) in [6.07, 6.45) is 3.30. The van der Waals surface area contributed by atoms with E-state index in [1.54, 1.807) is 17.5 Å². The summed E-state index contributed by atoms with van der Waals surface area (Å²) in [5, 5.41) is 0. The van der Waals surface area contributed by atoms with Gasteiger partial charge in [0, 0.05) is 10.7 Å². The minimum absolute atomic E-state index is 0.358. The summed E-state index contributed by atoms with van der Waals surface area (Å²) >= 11 is 3.34. The number of carbonyl (C=O) groups is 1. The van der Waals surface area contributed by atoms with Crippen LogP contribution in [0.2, 0.25) is 0 Å². The van der Waals surface area contributed by atoms with E-state index in [0.717, 1.165) is 10.1 Å². The first-order chi connectivity index (χ1) is 9.22. The molecule has 0 spiro atoms. The molecule has 0 atom stereocenters. The fraction of sp³-hybridized carbons (Fsp3) is 0.200. The molecule has 110 valence electrons. The summed E-state index contributed by atoms with van der Waals surface area (Å²) in [5.41, 5.74) is 1.16. The predicted molar refractivity (Wildman–Crippen MR) is 73.0 cm³/mol. The van der Waals surface area contributed by atoms with Crippen molar-refractivity contribution in [3.05, 3.63) is 34.7 Å². The van der Waals surface area contributed by atoms with Gasteiger partial charge in [0.05, 0.1) is 12.8 Å². The predicted octanol–water partition coefficient (Wildman–Crippen LogP) is 1.62. The van der Waals surface area contributed by atoms with Crippen LogP contribution in [0.3, 0.4) is 0 Å². The third-order valence-corrected chi connectivity index (χ3v) is 2.42. The van der Waals surface area contributed by atoms with Gasteiger partial charge in [0.15, 0.2) is 5.69 Å². The maximum atomic E-state index is 11.5. The van der Waals surface area contributed by atoms with Gasteiger partial charge in [0.25, 0.3) is 0 Å². The van der Waals surface area contributed by atoms with Crippen molar-refractivity contribution in [2.45, 2.75) is 6.92 Å². The van der Waals surface area contributed by atoms with Crippen molar-refractivity contribution in [3.63, 3.8) is 0 Å². The second-order valence-electron chi connectivity index (χ2n) is 3.39. The first kappa shape index (κ1) is 16.6. The first-order valence-corrected chi connectivity index (χ1v) is 7.41. The molecular formula is C10H11BrN2O6S. The number of fused-ring (bicyclic) bond motifs is 1. The second-order valence-corrected chi connectivity index (χ2v) is 5.20. The molecule has 0 unspecified atom stereocenters. The number of hydrogen-bond acceptors (Lipinski definition) is 5. The van der Waals surface area contributed by atoms with Gasteiger partial charge in [-0.2, -0.15) is 8.42 Å². The van der Waals surface area contributed by atoms with Crippen LogP contribution in [0.25, 0.3) is 5.65 Å². The Morgan fingerprint density at radius 2 is 2.05 bits per heavy atom. The van der Waals surface area contributed by atoms with Gasteiger partial charge < -0.3 is 4.74 Å². The van der Waals surface area contributed by atoms with Crippen LogP contribution in [-0.2, 0) is 15.1 Å². The Balaban J connectivity index is 0.000000347. The molecule has 0 bridgehead atoms. The second kappa shape index (κ2) is 6.79. The van der Waals surface area contributed by atoms with E-state index >= 15 is 0 Å². The number of pyridine rings is 1. The van der Waals surface area contributed by atoms with Crippen molar-refractivity contribution >= 4 is 37.9 Å². The molecule has 8 nitrogen and oxygen atoms in total. The number of ether oxygens (including phenoxy) is 1. The highest BCUT2D eigenvalue weighted by molar-refractivity contribution is 9.10. The van der Waals surface area contributed by atoms with Crippen LogP contribution < -0.4 is 0 Å². The van der Waals surface area contributed by atoms with E-state index in [0.29, 0.717) is 12.3 Å². The van der Waals surface area contributed by atoms with Crippen LogP contribution >= 0.6 is 15.9 Å². The maximum Gasteiger partial charge on any atom is 0.394 e. The molecule has 0 aliphatic carbocycles. The zero-order valence-electron chi connectivity index (χ0n) is 10.2. The molecule has 20 heavy (non-hydrogen) atoms. The van der Waals surface area contributed by atoms with E-state index in [1.165, 1.54) is 6.20 Å². The number of hydrogen-bond donors (Lipinski definition) is 2.